The molecule has 6 nitrogen and oxygen atoms in total. The van der Waals surface area contributed by atoms with Gasteiger partial charge in [0, 0.05) is 0 Å². The molecule has 0 saturated heterocycles. The van der Waals surface area contributed by atoms with Gasteiger partial charge in [0.2, 0.25) is 0 Å². The van der Waals surface area contributed by atoms with E-state index in [0.29, 0.717) is 0 Å². The van der Waals surface area contributed by atoms with Crippen molar-refractivity contribution in [2.45, 2.75) is 0 Å². The van der Waals surface area contributed by atoms with Crippen LogP contribution in [0.3, 0.4) is 0 Å². The Kier molecular flexibility index (Phi) is 4.89. The van der Waals surface area contributed by atoms with E-state index < -0.39 is 4.92 Å². The highest BCUT2D eigenvalue weighted by Gasteiger charge is 2.19. The van der Waals surface area contributed by atoms with Gasteiger partial charge in [-0.3, -0.25) is 16.0 Å². The Labute approximate surface area is 122 Å². The number of hydrogen-bond donors (Lipinski definition) is 2. The maximum absolute atomic E-state index is 11.1. The number of hydrogen-bond acceptors (Lipinski definition) is 5. The van der Waals surface area contributed by atoms with Crippen LogP contribution in [0.1, 0.15) is 5.56 Å². The number of rotatable bonds is 6. The zero-order valence-corrected chi connectivity index (χ0v) is 11.2. The molecule has 6 heteroatoms. The number of nitrogens with one attached hydrogen (secondary N) is 1. The molecule has 0 radical (unpaired) electrons. The molecule has 2 rings (SSSR count). The lowest BCUT2D eigenvalue weighted by Gasteiger charge is -2.07. The van der Waals surface area contributed by atoms with Crippen LogP contribution in [0, 0.1) is 10.1 Å². The second kappa shape index (κ2) is 7.06. The number of nitrogens with two attached hydrogens (primary N) is 1. The fraction of sp³-hybridized carbons (Fsp3) is 0.0667. The van der Waals surface area contributed by atoms with Crippen molar-refractivity contribution in [1.29, 1.82) is 0 Å². The summed E-state index contributed by atoms with van der Waals surface area (Å²) in [6, 6.07) is 14.4. The van der Waals surface area contributed by atoms with Gasteiger partial charge in [-0.25, -0.2) is 0 Å². The quantitative estimate of drug-likeness (QED) is 0.483. The summed E-state index contributed by atoms with van der Waals surface area (Å²) in [7, 11) is 0. The molecule has 0 aliphatic heterocycles. The number of anilines is 1. The lowest BCUT2D eigenvalue weighted by atomic mass is 10.2. The third-order valence-electron chi connectivity index (χ3n) is 2.78. The zero-order chi connectivity index (χ0) is 15.1. The fourth-order valence-electron chi connectivity index (χ4n) is 1.83. The van der Waals surface area contributed by atoms with Crippen molar-refractivity contribution >= 4 is 17.5 Å². The van der Waals surface area contributed by atoms with E-state index in [4.69, 9.17) is 10.6 Å². The summed E-state index contributed by atoms with van der Waals surface area (Å²) in [5.41, 5.74) is 3.37. The van der Waals surface area contributed by atoms with E-state index in [1.54, 1.807) is 12.1 Å². The second-order valence-corrected chi connectivity index (χ2v) is 4.18. The molecule has 0 aliphatic carbocycles. The summed E-state index contributed by atoms with van der Waals surface area (Å²) in [5.74, 6) is 5.44. The van der Waals surface area contributed by atoms with E-state index in [9.17, 15) is 10.1 Å². The molecule has 0 spiro atoms. The number of ether oxygens (including phenoxy) is 1. The standard InChI is InChI=1S/C15H15N3O3/c16-17-13-9-4-10-14(15(13)18(19)20)21-11-5-8-12-6-2-1-3-7-12/h1-10,17H,11,16H2/b8-5+. The molecule has 0 saturated carbocycles. The molecule has 0 aliphatic rings. The van der Waals surface area contributed by atoms with Crippen molar-refractivity contribution in [2.24, 2.45) is 5.84 Å². The normalized spacial score (nSPS) is 10.5. The van der Waals surface area contributed by atoms with Crippen LogP contribution in [0.5, 0.6) is 5.75 Å². The Balaban J connectivity index is 2.07. The Morgan fingerprint density at radius 1 is 1.19 bits per heavy atom. The summed E-state index contributed by atoms with van der Waals surface area (Å²) in [6.45, 7) is 0.226. The van der Waals surface area contributed by atoms with Gasteiger partial charge in [0.25, 0.3) is 0 Å². The SMILES string of the molecule is NNc1cccc(OC/C=C/c2ccccc2)c1[N+](=O)[O-]. The maximum Gasteiger partial charge on any atom is 0.335 e. The molecular weight excluding hydrogens is 270 g/mol. The van der Waals surface area contributed by atoms with Crippen LogP contribution in [-0.4, -0.2) is 11.5 Å². The van der Waals surface area contributed by atoms with Gasteiger partial charge in [0.1, 0.15) is 12.3 Å². The van der Waals surface area contributed by atoms with Crippen molar-refractivity contribution in [3.05, 3.63) is 70.3 Å². The van der Waals surface area contributed by atoms with Gasteiger partial charge in [-0.15, -0.1) is 0 Å². The number of nitrogen functional groups attached to an aromatic ring is 1. The molecule has 3 N–H and O–H groups in total. The minimum Gasteiger partial charge on any atom is -0.483 e. The summed E-state index contributed by atoms with van der Waals surface area (Å²) < 4.78 is 5.44. The first kappa shape index (κ1) is 14.5. The van der Waals surface area contributed by atoms with E-state index in [2.05, 4.69) is 5.43 Å². The third kappa shape index (κ3) is 3.80. The zero-order valence-electron chi connectivity index (χ0n) is 11.2. The molecule has 0 unspecified atom stereocenters. The number of para-hydroxylation sites is 1. The number of hydrazine groups is 1. The first-order valence-electron chi connectivity index (χ1n) is 6.31. The van der Waals surface area contributed by atoms with Gasteiger partial charge in [-0.2, -0.15) is 0 Å². The van der Waals surface area contributed by atoms with E-state index in [1.165, 1.54) is 12.1 Å². The van der Waals surface area contributed by atoms with E-state index >= 15 is 0 Å². The molecule has 2 aromatic carbocycles. The van der Waals surface area contributed by atoms with Crippen molar-refractivity contribution in [1.82, 2.24) is 0 Å². The molecule has 2 aromatic rings. The topological polar surface area (TPSA) is 90.4 Å². The molecule has 21 heavy (non-hydrogen) atoms. The molecule has 0 fully saturated rings. The van der Waals surface area contributed by atoms with Crippen LogP contribution >= 0.6 is 0 Å². The highest BCUT2D eigenvalue weighted by Crippen LogP contribution is 2.34. The molecule has 0 bridgehead atoms. The van der Waals surface area contributed by atoms with Crippen molar-refractivity contribution in [3.63, 3.8) is 0 Å². The van der Waals surface area contributed by atoms with Crippen LogP contribution < -0.4 is 16.0 Å². The number of nitro groups is 1. The summed E-state index contributed by atoms with van der Waals surface area (Å²) >= 11 is 0. The van der Waals surface area contributed by atoms with Crippen molar-refractivity contribution < 1.29 is 9.66 Å². The molecule has 0 amide bonds. The van der Waals surface area contributed by atoms with E-state index in [-0.39, 0.29) is 23.7 Å². The highest BCUT2D eigenvalue weighted by molar-refractivity contribution is 5.67. The average molecular weight is 285 g/mol. The van der Waals surface area contributed by atoms with Gasteiger partial charge in [-0.1, -0.05) is 42.5 Å². The van der Waals surface area contributed by atoms with Crippen LogP contribution in [0.15, 0.2) is 54.6 Å². The molecule has 0 aromatic heterocycles. The average Bonchev–Trinajstić information content (AvgIpc) is 2.52. The Morgan fingerprint density at radius 3 is 2.62 bits per heavy atom. The summed E-state index contributed by atoms with van der Waals surface area (Å²) in [5, 5.41) is 11.1. The van der Waals surface area contributed by atoms with Gasteiger partial charge in [-0.05, 0) is 23.8 Å². The predicted octanol–water partition coefficient (Wildman–Crippen LogP) is 2.97. The van der Waals surface area contributed by atoms with Gasteiger partial charge in [0.05, 0.1) is 4.92 Å². The fourth-order valence-corrected chi connectivity index (χ4v) is 1.83. The van der Waals surface area contributed by atoms with Crippen molar-refractivity contribution in [3.8, 4) is 5.75 Å². The third-order valence-corrected chi connectivity index (χ3v) is 2.78. The monoisotopic (exact) mass is 285 g/mol. The Morgan fingerprint density at radius 2 is 1.95 bits per heavy atom. The minimum atomic E-state index is -0.522. The van der Waals surface area contributed by atoms with Crippen LogP contribution in [0.2, 0.25) is 0 Å². The maximum atomic E-state index is 11.1. The lowest BCUT2D eigenvalue weighted by Crippen LogP contribution is -2.10. The first-order chi connectivity index (χ1) is 10.2. The van der Waals surface area contributed by atoms with E-state index in [0.717, 1.165) is 5.56 Å². The second-order valence-electron chi connectivity index (χ2n) is 4.18. The molecule has 0 heterocycles. The number of nitrogens with zero attached hydrogens (tertiary/aromatic N) is 1. The largest absolute Gasteiger partial charge is 0.483 e. The van der Waals surface area contributed by atoms with Gasteiger partial charge >= 0.3 is 5.69 Å². The van der Waals surface area contributed by atoms with Crippen molar-refractivity contribution in [2.75, 3.05) is 12.0 Å². The van der Waals surface area contributed by atoms with Gasteiger partial charge < -0.3 is 10.2 Å². The lowest BCUT2D eigenvalue weighted by molar-refractivity contribution is -0.384. The minimum absolute atomic E-state index is 0.173. The highest BCUT2D eigenvalue weighted by atomic mass is 16.6. The van der Waals surface area contributed by atoms with Crippen LogP contribution in [-0.2, 0) is 0 Å². The van der Waals surface area contributed by atoms with E-state index in [1.807, 2.05) is 36.4 Å². The molecule has 0 atom stereocenters. The smallest absolute Gasteiger partial charge is 0.335 e. The predicted molar refractivity (Wildman–Crippen MR) is 81.9 cm³/mol. The van der Waals surface area contributed by atoms with Crippen LogP contribution in [0.25, 0.3) is 6.08 Å². The Bertz CT molecular complexity index is 642. The summed E-state index contributed by atoms with van der Waals surface area (Å²) in [6.07, 6.45) is 3.68. The van der Waals surface area contributed by atoms with Gasteiger partial charge in [0.15, 0.2) is 5.75 Å². The summed E-state index contributed by atoms with van der Waals surface area (Å²) in [4.78, 5) is 10.5. The number of nitro benzene ring substituents is 1. The molecular formula is C15H15N3O3. The first-order valence-corrected chi connectivity index (χ1v) is 6.31. The Hall–Kier alpha value is -2.86. The molecule has 108 valence electrons. The number of benzene rings is 2. The van der Waals surface area contributed by atoms with Crippen LogP contribution in [0.4, 0.5) is 11.4 Å².